The van der Waals surface area contributed by atoms with E-state index in [0.717, 1.165) is 5.56 Å². The Morgan fingerprint density at radius 2 is 1.85 bits per heavy atom. The number of nitrogens with zero attached hydrogens (tertiary/aromatic N) is 1. The number of rotatable bonds is 5. The lowest BCUT2D eigenvalue weighted by molar-refractivity contribution is -0.119. The van der Waals surface area contributed by atoms with E-state index < -0.39 is 15.9 Å². The largest absolute Gasteiger partial charge is 0.315 e. The van der Waals surface area contributed by atoms with Crippen LogP contribution in [-0.2, 0) is 26.8 Å². The van der Waals surface area contributed by atoms with Crippen LogP contribution in [0.1, 0.15) is 38.3 Å². The van der Waals surface area contributed by atoms with E-state index in [1.54, 1.807) is 37.4 Å². The fourth-order valence-corrected chi connectivity index (χ4v) is 3.77. The Hall–Kier alpha value is -2.41. The minimum absolute atomic E-state index is 0.0927. The van der Waals surface area contributed by atoms with Gasteiger partial charge < -0.3 is 4.57 Å². The molecule has 0 bridgehead atoms. The molecule has 0 radical (unpaired) electrons. The van der Waals surface area contributed by atoms with Crippen molar-refractivity contribution in [3.8, 4) is 0 Å². The summed E-state index contributed by atoms with van der Waals surface area (Å²) in [5.74, 6) is -0.652. The molecule has 140 valence electrons. The number of amides is 1. The first-order chi connectivity index (χ1) is 12.0. The van der Waals surface area contributed by atoms with Crippen LogP contribution >= 0.6 is 0 Å². The molecule has 1 heterocycles. The molecule has 1 aromatic heterocycles. The fraction of sp³-hybridized carbons (Fsp3) is 0.368. The molecule has 0 fully saturated rings. The molecule has 0 saturated heterocycles. The molecule has 0 unspecified atom stereocenters. The van der Waals surface area contributed by atoms with Crippen LogP contribution in [0.2, 0.25) is 0 Å². The second kappa shape index (κ2) is 7.45. The zero-order valence-corrected chi connectivity index (χ0v) is 16.3. The van der Waals surface area contributed by atoms with Crippen molar-refractivity contribution in [2.75, 3.05) is 0 Å². The predicted molar refractivity (Wildman–Crippen MR) is 101 cm³/mol. The summed E-state index contributed by atoms with van der Waals surface area (Å²) in [6, 6.07) is 9.90. The number of pyridine rings is 1. The number of aromatic nitrogens is 1. The number of hydrogen-bond donors (Lipinski definition) is 1. The Balaban J connectivity index is 2.17. The maximum atomic E-state index is 12.6. The van der Waals surface area contributed by atoms with Crippen molar-refractivity contribution < 1.29 is 13.2 Å². The smallest absolute Gasteiger partial charge is 0.264 e. The number of benzene rings is 1. The summed E-state index contributed by atoms with van der Waals surface area (Å²) in [6.07, 6.45) is 1.45. The van der Waals surface area contributed by atoms with Crippen LogP contribution in [0.25, 0.3) is 0 Å². The van der Waals surface area contributed by atoms with Gasteiger partial charge in [-0.05, 0) is 35.6 Å². The van der Waals surface area contributed by atoms with Crippen molar-refractivity contribution in [2.45, 2.75) is 51.0 Å². The van der Waals surface area contributed by atoms with Gasteiger partial charge in [-0.1, -0.05) is 39.0 Å². The molecule has 1 amide bonds. The minimum Gasteiger partial charge on any atom is -0.315 e. The highest BCUT2D eigenvalue weighted by Crippen LogP contribution is 2.26. The van der Waals surface area contributed by atoms with Crippen molar-refractivity contribution >= 4 is 15.9 Å². The minimum atomic E-state index is -3.97. The van der Waals surface area contributed by atoms with E-state index in [1.807, 2.05) is 26.8 Å². The van der Waals surface area contributed by atoms with E-state index >= 15 is 0 Å². The van der Waals surface area contributed by atoms with Gasteiger partial charge in [0.2, 0.25) is 5.91 Å². The average Bonchev–Trinajstić information content (AvgIpc) is 2.52. The summed E-state index contributed by atoms with van der Waals surface area (Å²) in [6.45, 7) is 7.77. The average molecular weight is 376 g/mol. The molecular weight excluding hydrogens is 352 g/mol. The Kier molecular flexibility index (Phi) is 5.71. The molecular formula is C19H24N2O4S. The van der Waals surface area contributed by atoms with Crippen LogP contribution in [0.4, 0.5) is 0 Å². The first-order valence-electron chi connectivity index (χ1n) is 8.33. The molecule has 1 N–H and O–H groups in total. The maximum absolute atomic E-state index is 12.6. The van der Waals surface area contributed by atoms with Crippen LogP contribution < -0.4 is 10.3 Å². The Morgan fingerprint density at radius 1 is 1.15 bits per heavy atom. The lowest BCUT2D eigenvalue weighted by Crippen LogP contribution is -2.32. The lowest BCUT2D eigenvalue weighted by atomic mass is 9.87. The summed E-state index contributed by atoms with van der Waals surface area (Å²) < 4.78 is 28.7. The summed E-state index contributed by atoms with van der Waals surface area (Å²) in [5, 5.41) is 0. The number of carbonyl (C=O) groups is 1. The molecule has 7 heteroatoms. The monoisotopic (exact) mass is 376 g/mol. The molecule has 0 aliphatic heterocycles. The van der Waals surface area contributed by atoms with Gasteiger partial charge in [-0.25, -0.2) is 13.1 Å². The number of aryl methyl sites for hydroxylation is 2. The van der Waals surface area contributed by atoms with Gasteiger partial charge in [-0.15, -0.1) is 0 Å². The molecule has 1 aromatic carbocycles. The van der Waals surface area contributed by atoms with Gasteiger partial charge >= 0.3 is 0 Å². The van der Waals surface area contributed by atoms with Gasteiger partial charge in [0.1, 0.15) is 0 Å². The fourth-order valence-electron chi connectivity index (χ4n) is 2.48. The highest BCUT2D eigenvalue weighted by atomic mass is 32.2. The van der Waals surface area contributed by atoms with Crippen molar-refractivity contribution in [1.82, 2.24) is 9.29 Å². The molecule has 0 aliphatic carbocycles. The van der Waals surface area contributed by atoms with Crippen LogP contribution in [0, 0.1) is 6.92 Å². The maximum Gasteiger partial charge on any atom is 0.264 e. The Bertz CT molecular complexity index is 970. The molecule has 0 aliphatic rings. The standard InChI is InChI=1S/C19H24N2O4S/c1-14-8-9-15(19(2,3)4)13-16(14)26(24,25)20-17(22)10-12-21-11-6-5-7-18(21)23/h5-9,11,13H,10,12H2,1-4H3,(H,20,22). The van der Waals surface area contributed by atoms with Crippen molar-refractivity contribution in [2.24, 2.45) is 0 Å². The highest BCUT2D eigenvalue weighted by molar-refractivity contribution is 7.90. The molecule has 2 aromatic rings. The molecule has 0 atom stereocenters. The van der Waals surface area contributed by atoms with E-state index in [2.05, 4.69) is 4.72 Å². The van der Waals surface area contributed by atoms with E-state index in [0.29, 0.717) is 5.56 Å². The highest BCUT2D eigenvalue weighted by Gasteiger charge is 2.23. The van der Waals surface area contributed by atoms with Gasteiger partial charge in [0.15, 0.2) is 0 Å². The molecule has 2 rings (SSSR count). The van der Waals surface area contributed by atoms with Gasteiger partial charge in [-0.2, -0.15) is 0 Å². The lowest BCUT2D eigenvalue weighted by Gasteiger charge is -2.20. The van der Waals surface area contributed by atoms with E-state index in [-0.39, 0.29) is 28.8 Å². The van der Waals surface area contributed by atoms with Crippen LogP contribution in [0.5, 0.6) is 0 Å². The van der Waals surface area contributed by atoms with Gasteiger partial charge in [0.25, 0.3) is 15.6 Å². The third-order valence-electron chi connectivity index (χ3n) is 4.07. The summed E-state index contributed by atoms with van der Waals surface area (Å²) in [5.41, 5.74) is 0.984. The second-order valence-electron chi connectivity index (χ2n) is 7.24. The van der Waals surface area contributed by atoms with Gasteiger partial charge in [-0.3, -0.25) is 9.59 Å². The molecule has 0 spiro atoms. The zero-order valence-electron chi connectivity index (χ0n) is 15.4. The van der Waals surface area contributed by atoms with Crippen molar-refractivity contribution in [3.63, 3.8) is 0 Å². The summed E-state index contributed by atoms with van der Waals surface area (Å²) in [4.78, 5) is 23.8. The molecule has 6 nitrogen and oxygen atoms in total. The van der Waals surface area contributed by atoms with Crippen LogP contribution in [0.15, 0.2) is 52.3 Å². The van der Waals surface area contributed by atoms with Crippen LogP contribution in [-0.4, -0.2) is 18.9 Å². The van der Waals surface area contributed by atoms with Crippen molar-refractivity contribution in [3.05, 3.63) is 64.1 Å². The Morgan fingerprint density at radius 3 is 2.46 bits per heavy atom. The van der Waals surface area contributed by atoms with E-state index in [4.69, 9.17) is 0 Å². The van der Waals surface area contributed by atoms with E-state index in [9.17, 15) is 18.0 Å². The van der Waals surface area contributed by atoms with Gasteiger partial charge in [0.05, 0.1) is 4.90 Å². The second-order valence-corrected chi connectivity index (χ2v) is 8.89. The third-order valence-corrected chi connectivity index (χ3v) is 5.59. The third kappa shape index (κ3) is 4.82. The molecule has 0 saturated carbocycles. The predicted octanol–water partition coefficient (Wildman–Crippen LogP) is 2.35. The summed E-state index contributed by atoms with van der Waals surface area (Å²) in [7, 11) is -3.97. The first kappa shape index (κ1) is 19.9. The SMILES string of the molecule is Cc1ccc(C(C)(C)C)cc1S(=O)(=O)NC(=O)CCn1ccccc1=O. The number of carbonyl (C=O) groups excluding carboxylic acids is 1. The van der Waals surface area contributed by atoms with Crippen LogP contribution in [0.3, 0.4) is 0 Å². The quantitative estimate of drug-likeness (QED) is 0.868. The number of nitrogens with one attached hydrogen (secondary N) is 1. The Labute approximate surface area is 153 Å². The normalized spacial score (nSPS) is 12.0. The summed E-state index contributed by atoms with van der Waals surface area (Å²) >= 11 is 0. The van der Waals surface area contributed by atoms with E-state index in [1.165, 1.54) is 10.6 Å². The topological polar surface area (TPSA) is 85.2 Å². The number of hydrogen-bond acceptors (Lipinski definition) is 4. The van der Waals surface area contributed by atoms with Crippen molar-refractivity contribution in [1.29, 1.82) is 0 Å². The first-order valence-corrected chi connectivity index (χ1v) is 9.81. The van der Waals surface area contributed by atoms with Gasteiger partial charge in [0, 0.05) is 25.2 Å². The number of sulfonamides is 1. The molecule has 26 heavy (non-hydrogen) atoms. The zero-order chi connectivity index (χ0) is 19.5.